The van der Waals surface area contributed by atoms with Crippen LogP contribution >= 0.6 is 22.6 Å². The van der Waals surface area contributed by atoms with Crippen LogP contribution < -0.4 is 5.43 Å². The monoisotopic (exact) mass is 398 g/mol. The largest absolute Gasteiger partial charge is 0.456 e. The highest BCUT2D eigenvalue weighted by atomic mass is 127. The zero-order valence-electron chi connectivity index (χ0n) is 11.5. The minimum atomic E-state index is -0.0416. The van der Waals surface area contributed by atoms with Gasteiger partial charge in [0.2, 0.25) is 0 Å². The van der Waals surface area contributed by atoms with Gasteiger partial charge >= 0.3 is 0 Å². The molecule has 0 radical (unpaired) electrons. The second kappa shape index (κ2) is 5.25. The summed E-state index contributed by atoms with van der Waals surface area (Å²) in [5.74, 6) is 0.625. The lowest BCUT2D eigenvalue weighted by Crippen LogP contribution is -2.01. The van der Waals surface area contributed by atoms with E-state index in [0.717, 1.165) is 27.7 Å². The highest BCUT2D eigenvalue weighted by Crippen LogP contribution is 2.35. The predicted octanol–water partition coefficient (Wildman–Crippen LogP) is 5.17. The predicted molar refractivity (Wildman–Crippen MR) is 97.3 cm³/mol. The number of benzene rings is 3. The molecule has 0 unspecified atom stereocenters. The van der Waals surface area contributed by atoms with Gasteiger partial charge in [-0.2, -0.15) is 0 Å². The van der Waals surface area contributed by atoms with Crippen molar-refractivity contribution in [1.82, 2.24) is 0 Å². The molecule has 22 heavy (non-hydrogen) atoms. The third-order valence-corrected chi connectivity index (χ3v) is 4.43. The number of hydrogen-bond acceptors (Lipinski definition) is 2. The molecule has 0 bridgehead atoms. The van der Waals surface area contributed by atoms with Crippen molar-refractivity contribution in [2.45, 2.75) is 0 Å². The fourth-order valence-corrected chi connectivity index (χ4v) is 3.03. The zero-order chi connectivity index (χ0) is 15.1. The standard InChI is InChI=1S/C19H11IO2/c20-14-7-5-12(6-8-14)16-10-15(21)11-19-17(16)9-13-3-1-2-4-18(13)22-19/h1-11H. The van der Waals surface area contributed by atoms with Crippen LogP contribution in [0.3, 0.4) is 0 Å². The first kappa shape index (κ1) is 13.5. The summed E-state index contributed by atoms with van der Waals surface area (Å²) in [4.78, 5) is 12.0. The Morgan fingerprint density at radius 1 is 0.818 bits per heavy atom. The number of halogens is 1. The lowest BCUT2D eigenvalue weighted by atomic mass is 9.96. The first-order valence-electron chi connectivity index (χ1n) is 6.93. The molecule has 1 aliphatic carbocycles. The van der Waals surface area contributed by atoms with E-state index in [9.17, 15) is 4.79 Å². The van der Waals surface area contributed by atoms with Crippen LogP contribution in [0.2, 0.25) is 0 Å². The van der Waals surface area contributed by atoms with Crippen LogP contribution in [0, 0.1) is 3.57 Å². The zero-order valence-corrected chi connectivity index (χ0v) is 13.7. The highest BCUT2D eigenvalue weighted by molar-refractivity contribution is 14.1. The maximum absolute atomic E-state index is 12.0. The molecule has 0 aromatic heterocycles. The SMILES string of the molecule is O=c1cc2oc3ccccc3cc-2c(-c2ccc(I)cc2)c1. The van der Waals surface area contributed by atoms with Gasteiger partial charge in [0.05, 0.1) is 0 Å². The van der Waals surface area contributed by atoms with E-state index in [4.69, 9.17) is 4.42 Å². The summed E-state index contributed by atoms with van der Waals surface area (Å²) in [5.41, 5.74) is 3.63. The Morgan fingerprint density at radius 3 is 2.41 bits per heavy atom. The Morgan fingerprint density at radius 2 is 1.59 bits per heavy atom. The van der Waals surface area contributed by atoms with Crippen LogP contribution in [-0.4, -0.2) is 0 Å². The van der Waals surface area contributed by atoms with Crippen LogP contribution in [-0.2, 0) is 0 Å². The molecule has 3 heteroatoms. The maximum atomic E-state index is 12.0. The molecular formula is C19H11IO2. The molecule has 0 saturated carbocycles. The van der Waals surface area contributed by atoms with E-state index in [0.29, 0.717) is 5.76 Å². The van der Waals surface area contributed by atoms with E-state index in [2.05, 4.69) is 28.7 Å². The van der Waals surface area contributed by atoms with Gasteiger partial charge in [-0.15, -0.1) is 0 Å². The average molecular weight is 398 g/mol. The Hall–Kier alpha value is -2.14. The van der Waals surface area contributed by atoms with Crippen molar-refractivity contribution < 1.29 is 4.42 Å². The van der Waals surface area contributed by atoms with Gasteiger partial charge in [-0.1, -0.05) is 30.3 Å². The van der Waals surface area contributed by atoms with Gasteiger partial charge in [-0.05, 0) is 64.0 Å². The van der Waals surface area contributed by atoms with Crippen LogP contribution in [0.25, 0.3) is 33.4 Å². The number of fused-ring (bicyclic) bond motifs is 2. The fourth-order valence-electron chi connectivity index (χ4n) is 2.67. The molecule has 0 saturated heterocycles. The van der Waals surface area contributed by atoms with E-state index >= 15 is 0 Å². The summed E-state index contributed by atoms with van der Waals surface area (Å²) < 4.78 is 7.08. The number of para-hydroxylation sites is 1. The quantitative estimate of drug-likeness (QED) is 0.327. The Bertz CT molecular complexity index is 1000. The lowest BCUT2D eigenvalue weighted by Gasteiger charge is -2.12. The van der Waals surface area contributed by atoms with Gasteiger partial charge in [0.25, 0.3) is 0 Å². The smallest absolute Gasteiger partial charge is 0.183 e. The molecule has 4 rings (SSSR count). The topological polar surface area (TPSA) is 30.2 Å². The molecule has 0 amide bonds. The summed E-state index contributed by atoms with van der Waals surface area (Å²) in [6.45, 7) is 0. The summed E-state index contributed by atoms with van der Waals surface area (Å²) in [7, 11) is 0. The van der Waals surface area contributed by atoms with Crippen molar-refractivity contribution in [3.63, 3.8) is 0 Å². The molecular weight excluding hydrogens is 387 g/mol. The minimum absolute atomic E-state index is 0.0416. The third-order valence-electron chi connectivity index (χ3n) is 3.71. The summed E-state index contributed by atoms with van der Waals surface area (Å²) in [5, 5.41) is 1.03. The summed E-state index contributed by atoms with van der Waals surface area (Å²) >= 11 is 2.27. The summed E-state index contributed by atoms with van der Waals surface area (Å²) in [6.07, 6.45) is 0. The van der Waals surface area contributed by atoms with E-state index in [1.54, 1.807) is 12.1 Å². The molecule has 0 atom stereocenters. The van der Waals surface area contributed by atoms with Crippen molar-refractivity contribution >= 4 is 33.6 Å². The molecule has 0 fully saturated rings. The average Bonchev–Trinajstić information content (AvgIpc) is 2.53. The first-order valence-corrected chi connectivity index (χ1v) is 8.01. The van der Waals surface area contributed by atoms with Crippen LogP contribution in [0.15, 0.2) is 75.9 Å². The normalized spacial score (nSPS) is 11.1. The van der Waals surface area contributed by atoms with Crippen molar-refractivity contribution in [1.29, 1.82) is 0 Å². The number of hydrogen-bond donors (Lipinski definition) is 0. The van der Waals surface area contributed by atoms with Crippen molar-refractivity contribution in [2.24, 2.45) is 0 Å². The Labute approximate surface area is 140 Å². The molecule has 1 heterocycles. The van der Waals surface area contributed by atoms with Gasteiger partial charge in [-0.25, -0.2) is 0 Å². The first-order chi connectivity index (χ1) is 10.7. The van der Waals surface area contributed by atoms with Gasteiger partial charge in [0, 0.05) is 20.6 Å². The highest BCUT2D eigenvalue weighted by Gasteiger charge is 2.14. The van der Waals surface area contributed by atoms with Gasteiger partial charge in [0.15, 0.2) is 5.43 Å². The van der Waals surface area contributed by atoms with Crippen molar-refractivity contribution in [3.8, 4) is 22.5 Å². The van der Waals surface area contributed by atoms with E-state index in [1.165, 1.54) is 3.57 Å². The second-order valence-corrected chi connectivity index (χ2v) is 6.42. The molecule has 0 N–H and O–H groups in total. The van der Waals surface area contributed by atoms with Crippen LogP contribution in [0.1, 0.15) is 0 Å². The minimum Gasteiger partial charge on any atom is -0.456 e. The molecule has 1 aliphatic heterocycles. The Kier molecular flexibility index (Phi) is 3.22. The molecule has 106 valence electrons. The molecule has 2 aliphatic rings. The maximum Gasteiger partial charge on any atom is 0.183 e. The van der Waals surface area contributed by atoms with Crippen molar-refractivity contribution in [3.05, 3.63) is 80.5 Å². The van der Waals surface area contributed by atoms with Crippen molar-refractivity contribution in [2.75, 3.05) is 0 Å². The number of rotatable bonds is 1. The van der Waals surface area contributed by atoms with E-state index < -0.39 is 0 Å². The second-order valence-electron chi connectivity index (χ2n) is 5.17. The molecule has 2 aromatic rings. The summed E-state index contributed by atoms with van der Waals surface area (Å²) in [6, 6.07) is 21.3. The van der Waals surface area contributed by atoms with E-state index in [-0.39, 0.29) is 5.43 Å². The molecule has 2 nitrogen and oxygen atoms in total. The Balaban J connectivity index is 2.07. The van der Waals surface area contributed by atoms with Gasteiger partial charge in [0.1, 0.15) is 11.3 Å². The molecule has 0 spiro atoms. The van der Waals surface area contributed by atoms with Gasteiger partial charge < -0.3 is 4.42 Å². The molecule has 2 aromatic carbocycles. The fraction of sp³-hybridized carbons (Fsp3) is 0. The lowest BCUT2D eigenvalue weighted by molar-refractivity contribution is 0.619. The van der Waals surface area contributed by atoms with E-state index in [1.807, 2.05) is 48.5 Å². The van der Waals surface area contributed by atoms with Crippen LogP contribution in [0.4, 0.5) is 0 Å². The van der Waals surface area contributed by atoms with Gasteiger partial charge in [-0.3, -0.25) is 4.79 Å². The van der Waals surface area contributed by atoms with Crippen LogP contribution in [0.5, 0.6) is 0 Å². The third kappa shape index (κ3) is 2.31.